The van der Waals surface area contributed by atoms with Crippen LogP contribution in [0.3, 0.4) is 0 Å². The molecule has 3 fully saturated rings. The van der Waals surface area contributed by atoms with E-state index in [1.165, 1.54) is 18.4 Å². The number of rotatable bonds is 3. The number of nitrogens with zero attached hydrogens (tertiary/aromatic N) is 2. The molecule has 2 amide bonds. The monoisotopic (exact) mass is 391 g/mol. The molecule has 7 heteroatoms. The number of likely N-dealkylation sites (tertiary alicyclic amines) is 2. The molecule has 27 heavy (non-hydrogen) atoms. The lowest BCUT2D eigenvalue weighted by atomic mass is 9.79. The third-order valence-electron chi connectivity index (χ3n) is 6.28. The summed E-state index contributed by atoms with van der Waals surface area (Å²) in [6, 6.07) is 10.2. The van der Waals surface area contributed by atoms with E-state index in [0.29, 0.717) is 6.42 Å². The van der Waals surface area contributed by atoms with Gasteiger partial charge < -0.3 is 10.2 Å². The molecule has 3 aliphatic rings. The van der Waals surface area contributed by atoms with Crippen molar-refractivity contribution in [3.8, 4) is 0 Å². The summed E-state index contributed by atoms with van der Waals surface area (Å²) in [5, 5.41) is 2.94. The van der Waals surface area contributed by atoms with Crippen molar-refractivity contribution in [2.24, 2.45) is 5.41 Å². The highest BCUT2D eigenvalue weighted by molar-refractivity contribution is 7.91. The largest absolute Gasteiger partial charge is 0.334 e. The molecular weight excluding hydrogens is 362 g/mol. The second kappa shape index (κ2) is 7.43. The van der Waals surface area contributed by atoms with Crippen molar-refractivity contribution in [2.75, 3.05) is 37.7 Å². The quantitative estimate of drug-likeness (QED) is 0.854. The van der Waals surface area contributed by atoms with Gasteiger partial charge >= 0.3 is 6.03 Å². The average molecular weight is 392 g/mol. The lowest BCUT2D eigenvalue weighted by Gasteiger charge is -2.40. The predicted octanol–water partition coefficient (Wildman–Crippen LogP) is 1.87. The number of sulfone groups is 1. The van der Waals surface area contributed by atoms with E-state index in [0.717, 1.165) is 39.1 Å². The van der Waals surface area contributed by atoms with Crippen LogP contribution in [0.5, 0.6) is 0 Å². The maximum Gasteiger partial charge on any atom is 0.317 e. The van der Waals surface area contributed by atoms with Crippen molar-refractivity contribution < 1.29 is 13.2 Å². The van der Waals surface area contributed by atoms with Crippen LogP contribution in [0.1, 0.15) is 31.2 Å². The number of benzene rings is 1. The van der Waals surface area contributed by atoms with Crippen LogP contribution in [-0.4, -0.2) is 68.0 Å². The van der Waals surface area contributed by atoms with Gasteiger partial charge in [-0.05, 0) is 37.8 Å². The number of piperidine rings is 1. The summed E-state index contributed by atoms with van der Waals surface area (Å²) < 4.78 is 23.2. The molecule has 3 aliphatic heterocycles. The summed E-state index contributed by atoms with van der Waals surface area (Å²) in [6.45, 7) is 4.66. The highest BCUT2D eigenvalue weighted by Crippen LogP contribution is 2.39. The van der Waals surface area contributed by atoms with E-state index in [-0.39, 0.29) is 29.0 Å². The van der Waals surface area contributed by atoms with Crippen molar-refractivity contribution in [3.05, 3.63) is 35.9 Å². The van der Waals surface area contributed by atoms with Gasteiger partial charge in [-0.15, -0.1) is 0 Å². The molecule has 1 N–H and O–H groups in total. The molecule has 0 radical (unpaired) electrons. The van der Waals surface area contributed by atoms with E-state index >= 15 is 0 Å². The standard InChI is InChI=1S/C20H29N3O3S/c24-19(21-18-7-12-27(25,26)14-18)23-11-9-20(16-23)8-4-10-22(15-20)13-17-5-2-1-3-6-17/h1-3,5-6,18H,4,7-16H2,(H,21,24). The minimum Gasteiger partial charge on any atom is -0.334 e. The topological polar surface area (TPSA) is 69.7 Å². The average Bonchev–Trinajstić information content (AvgIpc) is 3.19. The van der Waals surface area contributed by atoms with E-state index in [1.807, 2.05) is 11.0 Å². The maximum absolute atomic E-state index is 12.6. The number of hydrogen-bond donors (Lipinski definition) is 1. The number of hydrogen-bond acceptors (Lipinski definition) is 4. The molecule has 2 unspecified atom stereocenters. The number of carbonyl (C=O) groups excluding carboxylic acids is 1. The van der Waals surface area contributed by atoms with Crippen LogP contribution in [0, 0.1) is 5.41 Å². The molecule has 148 valence electrons. The first kappa shape index (κ1) is 18.7. The third kappa shape index (κ3) is 4.46. The number of carbonyl (C=O) groups is 1. The second-order valence-corrected chi connectivity index (χ2v) is 10.7. The van der Waals surface area contributed by atoms with Crippen molar-refractivity contribution in [2.45, 2.75) is 38.3 Å². The molecular formula is C20H29N3O3S. The third-order valence-corrected chi connectivity index (χ3v) is 8.04. The van der Waals surface area contributed by atoms with E-state index in [4.69, 9.17) is 0 Å². The first-order valence-electron chi connectivity index (χ1n) is 9.95. The zero-order valence-electron chi connectivity index (χ0n) is 15.8. The van der Waals surface area contributed by atoms with Gasteiger partial charge in [0.1, 0.15) is 0 Å². The first-order valence-corrected chi connectivity index (χ1v) is 11.8. The SMILES string of the molecule is O=C(NC1CCS(=O)(=O)C1)N1CCC2(CCCN(Cc3ccccc3)C2)C1. The van der Waals surface area contributed by atoms with E-state index in [1.54, 1.807) is 0 Å². The Hall–Kier alpha value is -1.60. The summed E-state index contributed by atoms with van der Waals surface area (Å²) in [5.74, 6) is 0.277. The molecule has 0 saturated carbocycles. The summed E-state index contributed by atoms with van der Waals surface area (Å²) in [4.78, 5) is 17.0. The lowest BCUT2D eigenvalue weighted by Crippen LogP contribution is -2.48. The molecule has 2 atom stereocenters. The summed E-state index contributed by atoms with van der Waals surface area (Å²) in [5.41, 5.74) is 1.52. The number of urea groups is 1. The Morgan fingerprint density at radius 3 is 2.70 bits per heavy atom. The molecule has 3 saturated heterocycles. The minimum atomic E-state index is -2.97. The van der Waals surface area contributed by atoms with Crippen LogP contribution in [0.15, 0.2) is 30.3 Å². The van der Waals surface area contributed by atoms with Crippen molar-refractivity contribution in [3.63, 3.8) is 0 Å². The Morgan fingerprint density at radius 1 is 1.15 bits per heavy atom. The van der Waals surface area contributed by atoms with Gasteiger partial charge in [-0.25, -0.2) is 13.2 Å². The Kier molecular flexibility index (Phi) is 5.16. The van der Waals surface area contributed by atoms with Gasteiger partial charge in [-0.2, -0.15) is 0 Å². The highest BCUT2D eigenvalue weighted by atomic mass is 32.2. The van der Waals surface area contributed by atoms with Gasteiger partial charge in [0.2, 0.25) is 0 Å². The van der Waals surface area contributed by atoms with Crippen LogP contribution in [0.25, 0.3) is 0 Å². The van der Waals surface area contributed by atoms with Crippen LogP contribution in [0.2, 0.25) is 0 Å². The van der Waals surface area contributed by atoms with Crippen LogP contribution in [-0.2, 0) is 16.4 Å². The molecule has 0 bridgehead atoms. The Balaban J connectivity index is 1.33. The fourth-order valence-corrected chi connectivity index (χ4v) is 6.58. The van der Waals surface area contributed by atoms with E-state index in [9.17, 15) is 13.2 Å². The fourth-order valence-electron chi connectivity index (χ4n) is 4.90. The Bertz CT molecular complexity index is 783. The normalized spacial score (nSPS) is 30.7. The molecule has 1 aromatic carbocycles. The first-order chi connectivity index (χ1) is 12.9. The molecule has 6 nitrogen and oxygen atoms in total. The summed E-state index contributed by atoms with van der Waals surface area (Å²) >= 11 is 0. The highest BCUT2D eigenvalue weighted by Gasteiger charge is 2.43. The molecule has 0 aliphatic carbocycles. The van der Waals surface area contributed by atoms with Crippen molar-refractivity contribution in [1.82, 2.24) is 15.1 Å². The zero-order valence-corrected chi connectivity index (χ0v) is 16.6. The van der Waals surface area contributed by atoms with Crippen molar-refractivity contribution in [1.29, 1.82) is 0 Å². The predicted molar refractivity (Wildman–Crippen MR) is 105 cm³/mol. The summed E-state index contributed by atoms with van der Waals surface area (Å²) in [6.07, 6.45) is 3.91. The Morgan fingerprint density at radius 2 is 1.96 bits per heavy atom. The van der Waals surface area contributed by atoms with Gasteiger partial charge in [0.05, 0.1) is 11.5 Å². The lowest BCUT2D eigenvalue weighted by molar-refractivity contribution is 0.0896. The van der Waals surface area contributed by atoms with Gasteiger partial charge in [0, 0.05) is 37.6 Å². The van der Waals surface area contributed by atoms with E-state index < -0.39 is 9.84 Å². The maximum atomic E-state index is 12.6. The molecule has 1 aromatic rings. The van der Waals surface area contributed by atoms with Crippen LogP contribution >= 0.6 is 0 Å². The van der Waals surface area contributed by atoms with Gasteiger partial charge in [-0.3, -0.25) is 4.90 Å². The van der Waals surface area contributed by atoms with E-state index in [2.05, 4.69) is 34.5 Å². The Labute approximate surface area is 161 Å². The van der Waals surface area contributed by atoms with Crippen molar-refractivity contribution >= 4 is 15.9 Å². The molecule has 3 heterocycles. The smallest absolute Gasteiger partial charge is 0.317 e. The molecule has 0 aromatic heterocycles. The number of amides is 2. The van der Waals surface area contributed by atoms with Gasteiger partial charge in [0.25, 0.3) is 0 Å². The van der Waals surface area contributed by atoms with Gasteiger partial charge in [0.15, 0.2) is 9.84 Å². The van der Waals surface area contributed by atoms with Crippen LogP contribution < -0.4 is 5.32 Å². The number of nitrogens with one attached hydrogen (secondary N) is 1. The summed E-state index contributed by atoms with van der Waals surface area (Å²) in [7, 11) is -2.97. The second-order valence-electron chi connectivity index (χ2n) is 8.52. The van der Waals surface area contributed by atoms with Crippen LogP contribution in [0.4, 0.5) is 4.79 Å². The fraction of sp³-hybridized carbons (Fsp3) is 0.650. The zero-order chi connectivity index (χ0) is 18.9. The molecule has 4 rings (SSSR count). The molecule has 1 spiro atoms. The van der Waals surface area contributed by atoms with Gasteiger partial charge in [-0.1, -0.05) is 30.3 Å². The minimum absolute atomic E-state index is 0.0859.